The van der Waals surface area contributed by atoms with Crippen LogP contribution in [0.25, 0.3) is 10.9 Å². The molecule has 0 atom stereocenters. The Morgan fingerprint density at radius 3 is 2.73 bits per heavy atom. The van der Waals surface area contributed by atoms with Gasteiger partial charge in [0, 0.05) is 16.6 Å². The van der Waals surface area contributed by atoms with E-state index in [4.69, 9.17) is 11.5 Å². The van der Waals surface area contributed by atoms with Gasteiger partial charge in [0.2, 0.25) is 0 Å². The summed E-state index contributed by atoms with van der Waals surface area (Å²) in [7, 11) is 0. The highest BCUT2D eigenvalue weighted by Gasteiger charge is 1.96. The molecule has 1 heterocycles. The summed E-state index contributed by atoms with van der Waals surface area (Å²) in [6, 6.07) is 7.55. The zero-order valence-corrected chi connectivity index (χ0v) is 5.96. The summed E-state index contributed by atoms with van der Waals surface area (Å²) in [5, 5.41) is 1.09. The Morgan fingerprint density at radius 2 is 1.91 bits per heavy atom. The van der Waals surface area contributed by atoms with Gasteiger partial charge in [0.15, 0.2) is 0 Å². The van der Waals surface area contributed by atoms with E-state index in [9.17, 15) is 0 Å². The minimum Gasteiger partial charge on any atom is -0.399 e. The average molecular weight is 147 g/mol. The molecule has 1 aromatic carbocycles. The lowest BCUT2D eigenvalue weighted by Gasteiger charge is -1.90. The number of H-pyrrole nitrogens is 1. The summed E-state index contributed by atoms with van der Waals surface area (Å²) in [5.41, 5.74) is 12.9. The van der Waals surface area contributed by atoms with Crippen molar-refractivity contribution < 1.29 is 0 Å². The largest absolute Gasteiger partial charge is 0.399 e. The molecule has 0 radical (unpaired) electrons. The Labute approximate surface area is 64.0 Å². The van der Waals surface area contributed by atoms with Crippen LogP contribution in [-0.4, -0.2) is 4.98 Å². The standard InChI is InChI=1S/C8H9N3/c9-6-2-1-5-3-8(10)11-7(5)4-6/h1-4,11H,9-10H2. The number of rotatable bonds is 0. The molecule has 0 aliphatic heterocycles. The Morgan fingerprint density at radius 1 is 1.09 bits per heavy atom. The van der Waals surface area contributed by atoms with Crippen molar-refractivity contribution in [3.8, 4) is 0 Å². The van der Waals surface area contributed by atoms with E-state index in [1.807, 2.05) is 24.3 Å². The first-order chi connectivity index (χ1) is 5.25. The molecule has 56 valence electrons. The van der Waals surface area contributed by atoms with Crippen LogP contribution in [0.4, 0.5) is 11.5 Å². The Bertz CT molecular complexity index is 389. The van der Waals surface area contributed by atoms with Crippen LogP contribution < -0.4 is 11.5 Å². The van der Waals surface area contributed by atoms with Crippen LogP contribution >= 0.6 is 0 Å². The molecule has 0 amide bonds. The van der Waals surface area contributed by atoms with Gasteiger partial charge in [0.25, 0.3) is 0 Å². The van der Waals surface area contributed by atoms with Crippen molar-refractivity contribution in [1.82, 2.24) is 4.98 Å². The van der Waals surface area contributed by atoms with Crippen molar-refractivity contribution >= 4 is 22.4 Å². The van der Waals surface area contributed by atoms with E-state index in [-0.39, 0.29) is 0 Å². The SMILES string of the molecule is Nc1ccc2cc(N)[nH]c2c1. The molecule has 0 fully saturated rings. The van der Waals surface area contributed by atoms with Crippen LogP contribution in [0.3, 0.4) is 0 Å². The van der Waals surface area contributed by atoms with Crippen molar-refractivity contribution in [2.45, 2.75) is 0 Å². The molecule has 5 N–H and O–H groups in total. The summed E-state index contributed by atoms with van der Waals surface area (Å²) in [6.45, 7) is 0. The average Bonchev–Trinajstić information content (AvgIpc) is 2.27. The molecule has 11 heavy (non-hydrogen) atoms. The van der Waals surface area contributed by atoms with E-state index < -0.39 is 0 Å². The number of nitrogens with two attached hydrogens (primary N) is 2. The topological polar surface area (TPSA) is 67.8 Å². The summed E-state index contributed by atoms with van der Waals surface area (Å²) >= 11 is 0. The van der Waals surface area contributed by atoms with Gasteiger partial charge < -0.3 is 16.5 Å². The zero-order chi connectivity index (χ0) is 7.84. The fourth-order valence-electron chi connectivity index (χ4n) is 1.17. The third-order valence-corrected chi connectivity index (χ3v) is 1.67. The molecule has 0 aliphatic carbocycles. The van der Waals surface area contributed by atoms with Gasteiger partial charge in [-0.05, 0) is 18.2 Å². The second-order valence-electron chi connectivity index (χ2n) is 2.57. The van der Waals surface area contributed by atoms with Crippen molar-refractivity contribution in [1.29, 1.82) is 0 Å². The van der Waals surface area contributed by atoms with Crippen LogP contribution in [0.15, 0.2) is 24.3 Å². The smallest absolute Gasteiger partial charge is 0.101 e. The van der Waals surface area contributed by atoms with E-state index in [0.717, 1.165) is 16.6 Å². The molecule has 0 unspecified atom stereocenters. The fourth-order valence-corrected chi connectivity index (χ4v) is 1.17. The number of nitrogen functional groups attached to an aromatic ring is 2. The first kappa shape index (κ1) is 6.09. The van der Waals surface area contributed by atoms with Gasteiger partial charge in [0.05, 0.1) is 0 Å². The normalized spacial score (nSPS) is 10.5. The fraction of sp³-hybridized carbons (Fsp3) is 0. The summed E-state index contributed by atoms with van der Waals surface area (Å²) in [6.07, 6.45) is 0. The van der Waals surface area contributed by atoms with Gasteiger partial charge in [-0.2, -0.15) is 0 Å². The van der Waals surface area contributed by atoms with Gasteiger partial charge >= 0.3 is 0 Å². The molecule has 0 saturated heterocycles. The third kappa shape index (κ3) is 0.902. The Hall–Kier alpha value is -1.64. The number of hydrogen-bond acceptors (Lipinski definition) is 2. The van der Waals surface area contributed by atoms with Gasteiger partial charge in [-0.15, -0.1) is 0 Å². The third-order valence-electron chi connectivity index (χ3n) is 1.67. The molecule has 2 aromatic rings. The lowest BCUT2D eigenvalue weighted by molar-refractivity contribution is 1.47. The predicted octanol–water partition coefficient (Wildman–Crippen LogP) is 1.33. The molecule has 0 saturated carbocycles. The molecule has 3 heteroatoms. The minimum atomic E-state index is 0.672. The summed E-state index contributed by atoms with van der Waals surface area (Å²) < 4.78 is 0. The molecular weight excluding hydrogens is 138 g/mol. The Balaban J connectivity index is 2.82. The van der Waals surface area contributed by atoms with Gasteiger partial charge in [-0.1, -0.05) is 6.07 Å². The summed E-state index contributed by atoms with van der Waals surface area (Å²) in [5.74, 6) is 0.672. The molecule has 2 rings (SSSR count). The molecule has 0 aliphatic rings. The Kier molecular flexibility index (Phi) is 1.06. The van der Waals surface area contributed by atoms with E-state index in [1.54, 1.807) is 0 Å². The van der Waals surface area contributed by atoms with Crippen molar-refractivity contribution in [2.75, 3.05) is 11.5 Å². The molecule has 3 nitrogen and oxygen atoms in total. The quantitative estimate of drug-likeness (QED) is 0.492. The number of nitrogens with one attached hydrogen (secondary N) is 1. The second-order valence-corrected chi connectivity index (χ2v) is 2.57. The van der Waals surface area contributed by atoms with Crippen molar-refractivity contribution in [2.24, 2.45) is 0 Å². The van der Waals surface area contributed by atoms with Gasteiger partial charge in [-0.25, -0.2) is 0 Å². The molecule has 1 aromatic heterocycles. The van der Waals surface area contributed by atoms with Crippen LogP contribution in [-0.2, 0) is 0 Å². The maximum absolute atomic E-state index is 5.57. The second kappa shape index (κ2) is 1.92. The minimum absolute atomic E-state index is 0.672. The highest BCUT2D eigenvalue weighted by atomic mass is 14.8. The van der Waals surface area contributed by atoms with Gasteiger partial charge in [-0.3, -0.25) is 0 Å². The van der Waals surface area contributed by atoms with E-state index in [0.29, 0.717) is 5.82 Å². The maximum atomic E-state index is 5.57. The number of aromatic amines is 1. The number of aromatic nitrogens is 1. The van der Waals surface area contributed by atoms with Crippen LogP contribution in [0.1, 0.15) is 0 Å². The number of benzene rings is 1. The van der Waals surface area contributed by atoms with Crippen molar-refractivity contribution in [3.63, 3.8) is 0 Å². The van der Waals surface area contributed by atoms with Gasteiger partial charge in [0.1, 0.15) is 5.82 Å². The molecule has 0 bridgehead atoms. The first-order valence-electron chi connectivity index (χ1n) is 3.39. The maximum Gasteiger partial charge on any atom is 0.101 e. The number of anilines is 2. The van der Waals surface area contributed by atoms with E-state index >= 15 is 0 Å². The van der Waals surface area contributed by atoms with Crippen molar-refractivity contribution in [3.05, 3.63) is 24.3 Å². The number of fused-ring (bicyclic) bond motifs is 1. The van der Waals surface area contributed by atoms with E-state index in [2.05, 4.69) is 4.98 Å². The van der Waals surface area contributed by atoms with Crippen LogP contribution in [0, 0.1) is 0 Å². The molecule has 0 spiro atoms. The highest BCUT2D eigenvalue weighted by molar-refractivity contribution is 5.85. The zero-order valence-electron chi connectivity index (χ0n) is 5.96. The first-order valence-corrected chi connectivity index (χ1v) is 3.39. The lowest BCUT2D eigenvalue weighted by atomic mass is 10.2. The van der Waals surface area contributed by atoms with Crippen LogP contribution in [0.2, 0.25) is 0 Å². The number of hydrogen-bond donors (Lipinski definition) is 3. The highest BCUT2D eigenvalue weighted by Crippen LogP contribution is 2.18. The van der Waals surface area contributed by atoms with Crippen LogP contribution in [0.5, 0.6) is 0 Å². The summed E-state index contributed by atoms with van der Waals surface area (Å²) in [4.78, 5) is 3.00. The lowest BCUT2D eigenvalue weighted by Crippen LogP contribution is -1.83. The predicted molar refractivity (Wildman–Crippen MR) is 47.1 cm³/mol. The monoisotopic (exact) mass is 147 g/mol. The van der Waals surface area contributed by atoms with E-state index in [1.165, 1.54) is 0 Å². The molecular formula is C8H9N3.